The molecule has 0 aliphatic carbocycles. The highest BCUT2D eigenvalue weighted by atomic mass is 16.5. The van der Waals surface area contributed by atoms with Crippen molar-refractivity contribution in [3.63, 3.8) is 0 Å². The van der Waals surface area contributed by atoms with Gasteiger partial charge < -0.3 is 9.64 Å². The van der Waals surface area contributed by atoms with E-state index in [2.05, 4.69) is 11.1 Å². The van der Waals surface area contributed by atoms with Crippen molar-refractivity contribution in [2.24, 2.45) is 0 Å². The van der Waals surface area contributed by atoms with Crippen molar-refractivity contribution >= 4 is 17.8 Å². The van der Waals surface area contributed by atoms with E-state index < -0.39 is 0 Å². The van der Waals surface area contributed by atoms with E-state index in [1.807, 2.05) is 23.1 Å². The molecule has 0 bridgehead atoms. The molecule has 0 aromatic carbocycles. The summed E-state index contributed by atoms with van der Waals surface area (Å²) in [5.41, 5.74) is 1.21. The zero-order chi connectivity index (χ0) is 14.4. The maximum Gasteiger partial charge on any atom is 0.170 e. The number of imidazole rings is 1. The van der Waals surface area contributed by atoms with Gasteiger partial charge >= 0.3 is 0 Å². The van der Waals surface area contributed by atoms with Gasteiger partial charge in [-0.2, -0.15) is 5.26 Å². The summed E-state index contributed by atoms with van der Waals surface area (Å²) in [6, 6.07) is 7.67. The average Bonchev–Trinajstić information content (AvgIpc) is 2.85. The van der Waals surface area contributed by atoms with Crippen LogP contribution in [0.2, 0.25) is 0 Å². The minimum Gasteiger partial charge on any atom is -0.383 e. The smallest absolute Gasteiger partial charge is 0.170 e. The van der Waals surface area contributed by atoms with E-state index in [0.29, 0.717) is 43.3 Å². The third-order valence-corrected chi connectivity index (χ3v) is 3.02. The number of pyridine rings is 1. The number of rotatable bonds is 7. The van der Waals surface area contributed by atoms with Crippen molar-refractivity contribution in [3.05, 3.63) is 30.1 Å². The van der Waals surface area contributed by atoms with Crippen molar-refractivity contribution in [1.29, 1.82) is 5.26 Å². The lowest BCUT2D eigenvalue weighted by Gasteiger charge is -2.21. The molecule has 0 atom stereocenters. The van der Waals surface area contributed by atoms with Gasteiger partial charge in [0.05, 0.1) is 19.1 Å². The van der Waals surface area contributed by atoms with Gasteiger partial charge in [0, 0.05) is 26.4 Å². The largest absolute Gasteiger partial charge is 0.383 e. The van der Waals surface area contributed by atoms with Crippen LogP contribution in [0.3, 0.4) is 0 Å². The Balaban J connectivity index is 2.40. The van der Waals surface area contributed by atoms with E-state index in [4.69, 9.17) is 10.00 Å². The second-order valence-electron chi connectivity index (χ2n) is 4.26. The van der Waals surface area contributed by atoms with Gasteiger partial charge in [-0.05, 0) is 12.1 Å². The third-order valence-electron chi connectivity index (χ3n) is 3.02. The number of anilines is 1. The van der Waals surface area contributed by atoms with Crippen LogP contribution in [-0.4, -0.2) is 42.5 Å². The van der Waals surface area contributed by atoms with Gasteiger partial charge in [-0.1, -0.05) is 6.07 Å². The molecule has 6 nitrogen and oxygen atoms in total. The van der Waals surface area contributed by atoms with E-state index in [0.717, 1.165) is 6.29 Å². The lowest BCUT2D eigenvalue weighted by atomic mass is 10.3. The quantitative estimate of drug-likeness (QED) is 0.714. The Labute approximate surface area is 117 Å². The van der Waals surface area contributed by atoms with Crippen molar-refractivity contribution in [3.8, 4) is 6.07 Å². The Kier molecular flexibility index (Phi) is 4.69. The molecule has 0 aliphatic rings. The van der Waals surface area contributed by atoms with E-state index in [1.54, 1.807) is 17.7 Å². The van der Waals surface area contributed by atoms with Crippen LogP contribution in [0.25, 0.3) is 5.65 Å². The number of hydrogen-bond acceptors (Lipinski definition) is 5. The second kappa shape index (κ2) is 6.68. The zero-order valence-corrected chi connectivity index (χ0v) is 11.3. The maximum atomic E-state index is 11.4. The number of carbonyl (C=O) groups excluding carboxylic acids is 1. The summed E-state index contributed by atoms with van der Waals surface area (Å²) < 4.78 is 6.82. The molecule has 6 heteroatoms. The fourth-order valence-electron chi connectivity index (χ4n) is 2.05. The molecule has 0 aliphatic heterocycles. The molecule has 0 saturated heterocycles. The molecule has 2 aromatic heterocycles. The second-order valence-corrected chi connectivity index (χ2v) is 4.26. The number of nitriles is 1. The van der Waals surface area contributed by atoms with Crippen LogP contribution in [0.15, 0.2) is 24.4 Å². The molecule has 2 heterocycles. The Hall–Kier alpha value is -2.39. The molecule has 2 aromatic rings. The number of carbonyl (C=O) groups is 1. The fraction of sp³-hybridized carbons (Fsp3) is 0.357. The predicted octanol–water partition coefficient (Wildman–Crippen LogP) is 1.51. The van der Waals surface area contributed by atoms with Crippen LogP contribution in [0.5, 0.6) is 0 Å². The van der Waals surface area contributed by atoms with Crippen LogP contribution in [0, 0.1) is 11.3 Å². The molecular formula is C14H16N4O2. The van der Waals surface area contributed by atoms with Crippen molar-refractivity contribution in [1.82, 2.24) is 9.38 Å². The predicted molar refractivity (Wildman–Crippen MR) is 74.9 cm³/mol. The van der Waals surface area contributed by atoms with Gasteiger partial charge in [0.15, 0.2) is 12.1 Å². The summed E-state index contributed by atoms with van der Waals surface area (Å²) in [4.78, 5) is 17.8. The Morgan fingerprint density at radius 2 is 2.35 bits per heavy atom. The van der Waals surface area contributed by atoms with Crippen LogP contribution in [-0.2, 0) is 4.74 Å². The fourth-order valence-corrected chi connectivity index (χ4v) is 2.05. The summed E-state index contributed by atoms with van der Waals surface area (Å²) in [5, 5.41) is 8.75. The van der Waals surface area contributed by atoms with E-state index >= 15 is 0 Å². The lowest BCUT2D eigenvalue weighted by Crippen LogP contribution is -2.29. The molecular weight excluding hydrogens is 256 g/mol. The first kappa shape index (κ1) is 14.0. The molecule has 0 fully saturated rings. The molecule has 0 radical (unpaired) electrons. The Morgan fingerprint density at radius 3 is 3.05 bits per heavy atom. The normalized spacial score (nSPS) is 10.4. The molecule has 104 valence electrons. The summed E-state index contributed by atoms with van der Waals surface area (Å²) >= 11 is 0. The van der Waals surface area contributed by atoms with E-state index in [-0.39, 0.29) is 0 Å². The summed E-state index contributed by atoms with van der Waals surface area (Å²) in [6.07, 6.45) is 2.96. The Bertz CT molecular complexity index is 630. The number of fused-ring (bicyclic) bond motifs is 1. The standard InChI is InChI=1S/C14H16N4O2/c1-20-10-9-17(7-4-6-15)14-12(11-19)18-8-3-2-5-13(18)16-14/h2-3,5,8,11H,4,7,9-10H2,1H3. The van der Waals surface area contributed by atoms with Crippen LogP contribution in [0.1, 0.15) is 16.9 Å². The highest BCUT2D eigenvalue weighted by Crippen LogP contribution is 2.20. The monoisotopic (exact) mass is 272 g/mol. The maximum absolute atomic E-state index is 11.4. The molecule has 20 heavy (non-hydrogen) atoms. The summed E-state index contributed by atoms with van der Waals surface area (Å²) in [5.74, 6) is 0.596. The van der Waals surface area contributed by atoms with Gasteiger partial charge in [-0.15, -0.1) is 0 Å². The van der Waals surface area contributed by atoms with Crippen LogP contribution >= 0.6 is 0 Å². The minimum absolute atomic E-state index is 0.371. The van der Waals surface area contributed by atoms with Gasteiger partial charge in [0.2, 0.25) is 0 Å². The first-order valence-electron chi connectivity index (χ1n) is 6.35. The zero-order valence-electron chi connectivity index (χ0n) is 11.3. The molecule has 0 saturated carbocycles. The average molecular weight is 272 g/mol. The third kappa shape index (κ3) is 2.78. The van der Waals surface area contributed by atoms with Gasteiger partial charge in [0.1, 0.15) is 11.3 Å². The Morgan fingerprint density at radius 1 is 1.50 bits per heavy atom. The van der Waals surface area contributed by atoms with E-state index in [9.17, 15) is 4.79 Å². The van der Waals surface area contributed by atoms with Crippen molar-refractivity contribution in [2.75, 3.05) is 31.7 Å². The number of nitrogens with zero attached hydrogens (tertiary/aromatic N) is 4. The summed E-state index contributed by atoms with van der Waals surface area (Å²) in [7, 11) is 1.62. The van der Waals surface area contributed by atoms with Crippen molar-refractivity contribution in [2.45, 2.75) is 6.42 Å². The number of aromatic nitrogens is 2. The minimum atomic E-state index is 0.371. The number of methoxy groups -OCH3 is 1. The molecule has 0 unspecified atom stereocenters. The number of aldehydes is 1. The number of hydrogen-bond donors (Lipinski definition) is 0. The number of ether oxygens (including phenoxy) is 1. The van der Waals surface area contributed by atoms with Crippen molar-refractivity contribution < 1.29 is 9.53 Å². The first-order valence-corrected chi connectivity index (χ1v) is 6.35. The summed E-state index contributed by atoms with van der Waals surface area (Å²) in [6.45, 7) is 1.62. The highest BCUT2D eigenvalue weighted by Gasteiger charge is 2.17. The molecule has 2 rings (SSSR count). The lowest BCUT2D eigenvalue weighted by molar-refractivity contribution is 0.111. The van der Waals surface area contributed by atoms with E-state index in [1.165, 1.54) is 0 Å². The molecule has 0 amide bonds. The van der Waals surface area contributed by atoms with Crippen LogP contribution < -0.4 is 4.90 Å². The molecule has 0 spiro atoms. The SMILES string of the molecule is COCCN(CCC#N)c1nc2ccccn2c1C=O. The van der Waals surface area contributed by atoms with Crippen LogP contribution in [0.4, 0.5) is 5.82 Å². The highest BCUT2D eigenvalue weighted by molar-refractivity contribution is 5.83. The topological polar surface area (TPSA) is 70.6 Å². The molecule has 0 N–H and O–H groups in total. The van der Waals surface area contributed by atoms with Gasteiger partial charge in [-0.3, -0.25) is 9.20 Å². The van der Waals surface area contributed by atoms with Gasteiger partial charge in [0.25, 0.3) is 0 Å². The first-order chi connectivity index (χ1) is 9.81. The van der Waals surface area contributed by atoms with Gasteiger partial charge in [-0.25, -0.2) is 4.98 Å².